The van der Waals surface area contributed by atoms with Crippen LogP contribution in [0.4, 0.5) is 0 Å². The Balaban J connectivity index is 2.22. The largest absolute Gasteiger partial charge is 0.464 e. The van der Waals surface area contributed by atoms with E-state index < -0.39 is 6.04 Å². The van der Waals surface area contributed by atoms with Gasteiger partial charge >= 0.3 is 11.9 Å². The summed E-state index contributed by atoms with van der Waals surface area (Å²) < 4.78 is 11.0. The Hall–Kier alpha value is -2.94. The third-order valence-electron chi connectivity index (χ3n) is 10.2. The highest BCUT2D eigenvalue weighted by atomic mass is 16.5. The number of aromatic nitrogens is 2. The number of esters is 2. The number of nitrogens with one attached hydrogen (secondary N) is 1. The highest BCUT2D eigenvalue weighted by Crippen LogP contribution is 2.12. The Morgan fingerprint density at radius 1 is 0.618 bits per heavy atom. The molecule has 1 atom stereocenters. The monoisotopic (exact) mass is 771 g/mol. The molecule has 0 aromatic carbocycles. The van der Waals surface area contributed by atoms with Gasteiger partial charge in [0.25, 0.3) is 0 Å². The van der Waals surface area contributed by atoms with Crippen molar-refractivity contribution in [1.82, 2.24) is 14.9 Å². The van der Waals surface area contributed by atoms with Crippen LogP contribution in [0.15, 0.2) is 36.8 Å². The van der Waals surface area contributed by atoms with E-state index in [1.54, 1.807) is 12.5 Å². The number of nitrogens with zero attached hydrogens (tertiary/aromatic N) is 2. The zero-order valence-electron chi connectivity index (χ0n) is 35.4. The molecule has 1 heterocycles. The highest BCUT2D eigenvalue weighted by Gasteiger charge is 2.22. The number of hydrogen-bond donors (Lipinski definition) is 2. The topological polar surface area (TPSA) is 128 Å². The van der Waals surface area contributed by atoms with Crippen molar-refractivity contribution in [2.45, 2.75) is 206 Å². The van der Waals surface area contributed by atoms with Crippen molar-refractivity contribution in [2.24, 2.45) is 5.73 Å². The van der Waals surface area contributed by atoms with Crippen molar-refractivity contribution < 1.29 is 23.9 Å². The van der Waals surface area contributed by atoms with E-state index in [2.05, 4.69) is 48.1 Å². The average Bonchev–Trinajstić information content (AvgIpc) is 3.70. The maximum absolute atomic E-state index is 13.3. The van der Waals surface area contributed by atoms with E-state index in [1.807, 2.05) is 0 Å². The molecule has 0 saturated heterocycles. The minimum atomic E-state index is -0.793. The molecular weight excluding hydrogens is 689 g/mol. The second kappa shape index (κ2) is 38.0. The number of rotatable bonds is 39. The van der Waals surface area contributed by atoms with Crippen LogP contribution in [0, 0.1) is 0 Å². The van der Waals surface area contributed by atoms with E-state index in [4.69, 9.17) is 15.2 Å². The van der Waals surface area contributed by atoms with Gasteiger partial charge in [0.05, 0.1) is 25.5 Å². The van der Waals surface area contributed by atoms with Crippen LogP contribution in [0.25, 0.3) is 0 Å². The van der Waals surface area contributed by atoms with E-state index in [9.17, 15) is 14.4 Å². The van der Waals surface area contributed by atoms with Gasteiger partial charge < -0.3 is 25.1 Å². The van der Waals surface area contributed by atoms with Crippen LogP contribution in [0.1, 0.15) is 199 Å². The van der Waals surface area contributed by atoms with Crippen molar-refractivity contribution in [3.8, 4) is 0 Å². The number of nitrogens with two attached hydrogens (primary N) is 1. The number of aromatic amines is 1. The van der Waals surface area contributed by atoms with Gasteiger partial charge in [-0.15, -0.1) is 0 Å². The van der Waals surface area contributed by atoms with Crippen molar-refractivity contribution in [3.63, 3.8) is 0 Å². The van der Waals surface area contributed by atoms with Crippen molar-refractivity contribution in [1.29, 1.82) is 0 Å². The number of carbonyl (C=O) groups excluding carboxylic acids is 3. The second-order valence-electron chi connectivity index (χ2n) is 15.3. The molecule has 1 rings (SSSR count). The molecule has 1 aromatic heterocycles. The van der Waals surface area contributed by atoms with Gasteiger partial charge in [0, 0.05) is 31.2 Å². The number of hydrogen-bond acceptors (Lipinski definition) is 7. The standard InChI is InChI=1S/C46H82N4O5/c1-3-5-7-9-11-13-15-17-19-21-23-25-27-29-31-33-44(51)54-37-35-50(46(53)43(47)39-42-40-48-41-49-42)36-38-55-45(52)34-32-30-28-26-24-22-20-18-16-14-12-10-8-6-4-2/h17-20,40-41,43H,3-16,21-39,47H2,1-2H3,(H,48,49)/b19-17-,20-18-/t43-/m0/s1. The summed E-state index contributed by atoms with van der Waals surface area (Å²) >= 11 is 0. The van der Waals surface area contributed by atoms with E-state index in [-0.39, 0.29) is 44.1 Å². The van der Waals surface area contributed by atoms with E-state index in [0.717, 1.165) is 57.1 Å². The molecule has 3 N–H and O–H groups in total. The van der Waals surface area contributed by atoms with Crippen LogP contribution in [-0.2, 0) is 30.3 Å². The fourth-order valence-corrected chi connectivity index (χ4v) is 6.65. The fraction of sp³-hybridized carbons (Fsp3) is 0.783. The van der Waals surface area contributed by atoms with Crippen molar-refractivity contribution in [3.05, 3.63) is 42.5 Å². The molecule has 0 aliphatic heterocycles. The molecule has 0 spiro atoms. The van der Waals surface area contributed by atoms with Crippen LogP contribution in [0.2, 0.25) is 0 Å². The smallest absolute Gasteiger partial charge is 0.305 e. The molecule has 0 aliphatic carbocycles. The van der Waals surface area contributed by atoms with Crippen molar-refractivity contribution >= 4 is 17.8 Å². The van der Waals surface area contributed by atoms with Gasteiger partial charge in [0.1, 0.15) is 13.2 Å². The maximum atomic E-state index is 13.3. The summed E-state index contributed by atoms with van der Waals surface area (Å²) in [5.41, 5.74) is 7.01. The first-order chi connectivity index (χ1) is 27.0. The Bertz CT molecular complexity index is 1030. The number of ether oxygens (including phenoxy) is 2. The van der Waals surface area contributed by atoms with Gasteiger partial charge in [0.15, 0.2) is 0 Å². The molecule has 9 heteroatoms. The average molecular weight is 771 g/mol. The summed E-state index contributed by atoms with van der Waals surface area (Å²) in [6.45, 7) is 5.06. The van der Waals surface area contributed by atoms with Gasteiger partial charge in [-0.25, -0.2) is 4.98 Å². The molecule has 9 nitrogen and oxygen atoms in total. The SMILES string of the molecule is CCCCCCCC/C=C\CCCCCCCC(=O)OCCN(CCOC(=O)CCCCCCC/C=C\CCCCCCCC)C(=O)[C@@H](N)Cc1cnc[nH]1. The molecule has 55 heavy (non-hydrogen) atoms. The normalized spacial score (nSPS) is 12.1. The van der Waals surface area contributed by atoms with Gasteiger partial charge in [-0.05, 0) is 64.2 Å². The number of H-pyrrole nitrogens is 1. The molecule has 0 unspecified atom stereocenters. The molecule has 1 amide bonds. The number of unbranched alkanes of at least 4 members (excludes halogenated alkanes) is 22. The lowest BCUT2D eigenvalue weighted by Gasteiger charge is -2.25. The molecule has 1 aromatic rings. The lowest BCUT2D eigenvalue weighted by Crippen LogP contribution is -2.47. The van der Waals surface area contributed by atoms with Crippen LogP contribution >= 0.6 is 0 Å². The Morgan fingerprint density at radius 2 is 1.00 bits per heavy atom. The van der Waals surface area contributed by atoms with Crippen LogP contribution < -0.4 is 5.73 Å². The minimum Gasteiger partial charge on any atom is -0.464 e. The predicted octanol–water partition coefficient (Wildman–Crippen LogP) is 11.3. The number of amides is 1. The van der Waals surface area contributed by atoms with Crippen LogP contribution in [0.5, 0.6) is 0 Å². The Labute approximate surface area is 336 Å². The number of imidazole rings is 1. The molecular formula is C46H82N4O5. The summed E-state index contributed by atoms with van der Waals surface area (Å²) in [4.78, 5) is 46.6. The summed E-state index contributed by atoms with van der Waals surface area (Å²) in [7, 11) is 0. The van der Waals surface area contributed by atoms with Gasteiger partial charge in [-0.2, -0.15) is 0 Å². The summed E-state index contributed by atoms with van der Waals surface area (Å²) in [6, 6.07) is -0.793. The van der Waals surface area contributed by atoms with Gasteiger partial charge in [-0.3, -0.25) is 14.4 Å². The highest BCUT2D eigenvalue weighted by molar-refractivity contribution is 5.82. The fourth-order valence-electron chi connectivity index (χ4n) is 6.65. The van der Waals surface area contributed by atoms with Crippen LogP contribution in [0.3, 0.4) is 0 Å². The predicted molar refractivity (Wildman–Crippen MR) is 228 cm³/mol. The second-order valence-corrected chi connectivity index (χ2v) is 15.3. The van der Waals surface area contributed by atoms with Crippen molar-refractivity contribution in [2.75, 3.05) is 26.3 Å². The summed E-state index contributed by atoms with van der Waals surface area (Å²) in [5, 5.41) is 0. The number of allylic oxidation sites excluding steroid dienone is 4. The lowest BCUT2D eigenvalue weighted by molar-refractivity contribution is -0.148. The zero-order chi connectivity index (χ0) is 39.9. The lowest BCUT2D eigenvalue weighted by atomic mass is 10.1. The first-order valence-electron chi connectivity index (χ1n) is 22.6. The Kier molecular flexibility index (Phi) is 34.6. The Morgan fingerprint density at radius 3 is 1.38 bits per heavy atom. The summed E-state index contributed by atoms with van der Waals surface area (Å²) in [5.74, 6) is -0.785. The van der Waals surface area contributed by atoms with Crippen LogP contribution in [-0.4, -0.2) is 65.1 Å². The maximum Gasteiger partial charge on any atom is 0.305 e. The molecule has 0 aliphatic rings. The molecule has 0 saturated carbocycles. The third-order valence-corrected chi connectivity index (χ3v) is 10.2. The molecule has 0 radical (unpaired) electrons. The van der Waals surface area contributed by atoms with E-state index in [0.29, 0.717) is 19.3 Å². The van der Waals surface area contributed by atoms with Gasteiger partial charge in [0.2, 0.25) is 5.91 Å². The van der Waals surface area contributed by atoms with Gasteiger partial charge in [-0.1, -0.05) is 141 Å². The first kappa shape index (κ1) is 50.1. The molecule has 0 fully saturated rings. The molecule has 316 valence electrons. The van der Waals surface area contributed by atoms with E-state index >= 15 is 0 Å². The number of carbonyl (C=O) groups is 3. The third kappa shape index (κ3) is 31.9. The van der Waals surface area contributed by atoms with E-state index in [1.165, 1.54) is 120 Å². The molecule has 0 bridgehead atoms. The first-order valence-corrected chi connectivity index (χ1v) is 22.6. The zero-order valence-corrected chi connectivity index (χ0v) is 35.4. The quantitative estimate of drug-likeness (QED) is 0.0387. The summed E-state index contributed by atoms with van der Waals surface area (Å²) in [6.07, 6.45) is 44.9. The minimum absolute atomic E-state index is 0.0787.